The Labute approximate surface area is 117 Å². The number of aromatic nitrogens is 2. The molecule has 0 aliphatic heterocycles. The molecule has 0 saturated heterocycles. The van der Waals surface area contributed by atoms with Gasteiger partial charge in [-0.1, -0.05) is 29.8 Å². The number of H-pyrrole nitrogens is 1. The zero-order valence-corrected chi connectivity index (χ0v) is 11.8. The van der Waals surface area contributed by atoms with E-state index in [9.17, 15) is 9.90 Å². The van der Waals surface area contributed by atoms with Crippen molar-refractivity contribution in [1.82, 2.24) is 9.97 Å². The Morgan fingerprint density at radius 1 is 1.35 bits per heavy atom. The topological polar surface area (TPSA) is 75.2 Å². The van der Waals surface area contributed by atoms with Crippen LogP contribution in [0.15, 0.2) is 29.1 Å². The highest BCUT2D eigenvalue weighted by Crippen LogP contribution is 2.25. The summed E-state index contributed by atoms with van der Waals surface area (Å²) < 4.78 is 5.36. The minimum Gasteiger partial charge on any atom is -0.493 e. The van der Waals surface area contributed by atoms with E-state index in [4.69, 9.17) is 4.74 Å². The lowest BCUT2D eigenvalue weighted by Crippen LogP contribution is -2.16. The number of benzene rings is 1. The zero-order chi connectivity index (χ0) is 14.7. The minimum absolute atomic E-state index is 0.178. The van der Waals surface area contributed by atoms with E-state index in [0.717, 1.165) is 5.56 Å². The lowest BCUT2D eigenvalue weighted by Gasteiger charge is -2.12. The summed E-state index contributed by atoms with van der Waals surface area (Å²) in [5.41, 5.74) is 1.53. The molecule has 0 saturated carbocycles. The highest BCUT2D eigenvalue weighted by atomic mass is 16.5. The molecule has 2 rings (SSSR count). The molecule has 0 spiro atoms. The van der Waals surface area contributed by atoms with Gasteiger partial charge in [-0.15, -0.1) is 0 Å². The molecular formula is C15H18N2O3. The Bertz CT molecular complexity index is 647. The maximum Gasteiger partial charge on any atom is 0.262 e. The number of rotatable bonds is 4. The van der Waals surface area contributed by atoms with Crippen molar-refractivity contribution in [2.24, 2.45) is 0 Å². The number of aromatic hydroxyl groups is 1. The average Bonchev–Trinajstić information content (AvgIpc) is 2.40. The van der Waals surface area contributed by atoms with Crippen molar-refractivity contribution in [1.29, 1.82) is 0 Å². The van der Waals surface area contributed by atoms with Crippen molar-refractivity contribution in [2.45, 2.75) is 26.9 Å². The number of nitrogens with one attached hydrogen (secondary N) is 1. The number of hydrogen-bond donors (Lipinski definition) is 2. The number of aromatic amines is 1. The van der Waals surface area contributed by atoms with E-state index in [2.05, 4.69) is 9.97 Å². The van der Waals surface area contributed by atoms with Gasteiger partial charge in [-0.3, -0.25) is 4.79 Å². The standard InChI is InChI=1S/C15H18N2O3/c1-4-20-10(3)13-16-14(18)12(15(19)17-13)11-7-5-9(2)6-8-11/h5-8,10H,4H2,1-3H3,(H2,16,17,18,19). The van der Waals surface area contributed by atoms with Crippen LogP contribution in [0.5, 0.6) is 5.88 Å². The Morgan fingerprint density at radius 2 is 2.00 bits per heavy atom. The van der Waals surface area contributed by atoms with Crippen LogP contribution in [0.2, 0.25) is 0 Å². The Kier molecular flexibility index (Phi) is 4.20. The molecule has 106 valence electrons. The first kappa shape index (κ1) is 14.3. The van der Waals surface area contributed by atoms with Gasteiger partial charge < -0.3 is 14.8 Å². The summed E-state index contributed by atoms with van der Waals surface area (Å²) in [7, 11) is 0. The summed E-state index contributed by atoms with van der Waals surface area (Å²) >= 11 is 0. The van der Waals surface area contributed by atoms with Crippen molar-refractivity contribution in [2.75, 3.05) is 6.61 Å². The Balaban J connectivity index is 2.46. The van der Waals surface area contributed by atoms with Gasteiger partial charge in [-0.25, -0.2) is 0 Å². The molecule has 20 heavy (non-hydrogen) atoms. The normalized spacial score (nSPS) is 12.3. The predicted molar refractivity (Wildman–Crippen MR) is 76.7 cm³/mol. The molecule has 5 nitrogen and oxygen atoms in total. The molecule has 1 aromatic heterocycles. The SMILES string of the molecule is CCOC(C)c1nc(O)c(-c2ccc(C)cc2)c(=O)[nH]1. The second-order valence-electron chi connectivity index (χ2n) is 4.61. The van der Waals surface area contributed by atoms with Crippen molar-refractivity contribution in [3.63, 3.8) is 0 Å². The van der Waals surface area contributed by atoms with Crippen LogP contribution in [-0.2, 0) is 4.74 Å². The highest BCUT2D eigenvalue weighted by Gasteiger charge is 2.16. The molecule has 2 N–H and O–H groups in total. The fourth-order valence-electron chi connectivity index (χ4n) is 1.98. The van der Waals surface area contributed by atoms with Gasteiger partial charge in [-0.2, -0.15) is 4.98 Å². The lowest BCUT2D eigenvalue weighted by atomic mass is 10.1. The first-order valence-electron chi connectivity index (χ1n) is 6.54. The third-order valence-corrected chi connectivity index (χ3v) is 3.06. The summed E-state index contributed by atoms with van der Waals surface area (Å²) in [5.74, 6) is 0.0457. The molecule has 1 unspecified atom stereocenters. The van der Waals surface area contributed by atoms with Crippen molar-refractivity contribution in [3.8, 4) is 17.0 Å². The monoisotopic (exact) mass is 274 g/mol. The fraction of sp³-hybridized carbons (Fsp3) is 0.333. The maximum atomic E-state index is 12.1. The third-order valence-electron chi connectivity index (χ3n) is 3.06. The summed E-state index contributed by atoms with van der Waals surface area (Å²) in [6.45, 7) is 6.09. The van der Waals surface area contributed by atoms with Gasteiger partial charge in [0.1, 0.15) is 17.5 Å². The number of aryl methyl sites for hydroxylation is 1. The van der Waals surface area contributed by atoms with Crippen LogP contribution >= 0.6 is 0 Å². The molecule has 0 fully saturated rings. The second kappa shape index (κ2) is 5.88. The first-order chi connectivity index (χ1) is 9.52. The molecule has 0 aliphatic carbocycles. The van der Waals surface area contributed by atoms with Crippen LogP contribution in [0.25, 0.3) is 11.1 Å². The van der Waals surface area contributed by atoms with Crippen molar-refractivity contribution in [3.05, 3.63) is 46.0 Å². The first-order valence-corrected chi connectivity index (χ1v) is 6.54. The zero-order valence-electron chi connectivity index (χ0n) is 11.8. The second-order valence-corrected chi connectivity index (χ2v) is 4.61. The van der Waals surface area contributed by atoms with Gasteiger partial charge in [0, 0.05) is 6.61 Å². The molecule has 1 heterocycles. The number of ether oxygens (including phenoxy) is 1. The molecule has 0 bridgehead atoms. The van der Waals surface area contributed by atoms with Crippen LogP contribution in [0, 0.1) is 6.92 Å². The molecule has 5 heteroatoms. The van der Waals surface area contributed by atoms with Gasteiger partial charge in [0.2, 0.25) is 5.88 Å². The molecular weight excluding hydrogens is 256 g/mol. The molecule has 1 atom stereocenters. The van der Waals surface area contributed by atoms with Gasteiger partial charge in [0.25, 0.3) is 5.56 Å². The number of hydrogen-bond acceptors (Lipinski definition) is 4. The minimum atomic E-state index is -0.372. The molecule has 0 amide bonds. The van der Waals surface area contributed by atoms with E-state index in [-0.39, 0.29) is 23.1 Å². The molecule has 0 aliphatic rings. The summed E-state index contributed by atoms with van der Waals surface area (Å²) in [5, 5.41) is 10.0. The van der Waals surface area contributed by atoms with E-state index in [1.807, 2.05) is 26.0 Å². The quantitative estimate of drug-likeness (QED) is 0.898. The summed E-state index contributed by atoms with van der Waals surface area (Å²) in [6.07, 6.45) is -0.370. The van der Waals surface area contributed by atoms with Crippen LogP contribution < -0.4 is 5.56 Å². The van der Waals surface area contributed by atoms with Crippen LogP contribution in [-0.4, -0.2) is 21.7 Å². The smallest absolute Gasteiger partial charge is 0.262 e. The van der Waals surface area contributed by atoms with E-state index < -0.39 is 0 Å². The highest BCUT2D eigenvalue weighted by molar-refractivity contribution is 5.67. The Hall–Kier alpha value is -2.14. The van der Waals surface area contributed by atoms with Gasteiger partial charge in [-0.05, 0) is 26.3 Å². The average molecular weight is 274 g/mol. The third kappa shape index (κ3) is 2.88. The number of nitrogens with zero attached hydrogens (tertiary/aromatic N) is 1. The summed E-state index contributed by atoms with van der Waals surface area (Å²) in [4.78, 5) is 18.8. The van der Waals surface area contributed by atoms with Crippen LogP contribution in [0.3, 0.4) is 0 Å². The fourth-order valence-corrected chi connectivity index (χ4v) is 1.98. The molecule has 1 aromatic carbocycles. The van der Waals surface area contributed by atoms with E-state index in [1.165, 1.54) is 0 Å². The predicted octanol–water partition coefficient (Wildman–Crippen LogP) is 2.55. The van der Waals surface area contributed by atoms with Crippen molar-refractivity contribution >= 4 is 0 Å². The molecule has 2 aromatic rings. The van der Waals surface area contributed by atoms with E-state index >= 15 is 0 Å². The van der Waals surface area contributed by atoms with Crippen molar-refractivity contribution < 1.29 is 9.84 Å². The summed E-state index contributed by atoms with van der Waals surface area (Å²) in [6, 6.07) is 7.33. The van der Waals surface area contributed by atoms with Crippen LogP contribution in [0.1, 0.15) is 31.3 Å². The van der Waals surface area contributed by atoms with Gasteiger partial charge in [0.15, 0.2) is 0 Å². The van der Waals surface area contributed by atoms with E-state index in [1.54, 1.807) is 19.1 Å². The molecule has 0 radical (unpaired) electrons. The van der Waals surface area contributed by atoms with E-state index in [0.29, 0.717) is 18.0 Å². The van der Waals surface area contributed by atoms with Crippen LogP contribution in [0.4, 0.5) is 0 Å². The van der Waals surface area contributed by atoms with Gasteiger partial charge >= 0.3 is 0 Å². The lowest BCUT2D eigenvalue weighted by molar-refractivity contribution is 0.0694. The maximum absolute atomic E-state index is 12.1. The van der Waals surface area contributed by atoms with Gasteiger partial charge in [0.05, 0.1) is 0 Å². The largest absolute Gasteiger partial charge is 0.493 e. The Morgan fingerprint density at radius 3 is 2.55 bits per heavy atom.